The van der Waals surface area contributed by atoms with Gasteiger partial charge in [-0.1, -0.05) is 29.8 Å². The number of rotatable bonds is 5. The summed E-state index contributed by atoms with van der Waals surface area (Å²) in [5.41, 5.74) is 4.91. The van der Waals surface area contributed by atoms with Gasteiger partial charge in [0.2, 0.25) is 11.9 Å². The first-order chi connectivity index (χ1) is 14.0. The van der Waals surface area contributed by atoms with Crippen LogP contribution in [0.3, 0.4) is 0 Å². The Morgan fingerprint density at radius 1 is 1.31 bits per heavy atom. The number of H-pyrrole nitrogens is 1. The summed E-state index contributed by atoms with van der Waals surface area (Å²) in [4.78, 5) is 25.9. The average molecular weight is 390 g/mol. The van der Waals surface area contributed by atoms with Crippen molar-refractivity contribution < 1.29 is 4.79 Å². The molecule has 150 valence electrons. The summed E-state index contributed by atoms with van der Waals surface area (Å²) in [6.45, 7) is 2.81. The van der Waals surface area contributed by atoms with Gasteiger partial charge in [-0.3, -0.25) is 9.89 Å². The predicted molar refractivity (Wildman–Crippen MR) is 113 cm³/mol. The first kappa shape index (κ1) is 19.1. The molecule has 7 heteroatoms. The first-order valence-electron chi connectivity index (χ1n) is 9.92. The van der Waals surface area contributed by atoms with E-state index in [0.29, 0.717) is 12.4 Å². The van der Waals surface area contributed by atoms with Crippen molar-refractivity contribution in [2.45, 2.75) is 32.2 Å². The molecular weight excluding hydrogens is 364 g/mol. The van der Waals surface area contributed by atoms with E-state index >= 15 is 0 Å². The van der Waals surface area contributed by atoms with E-state index in [0.717, 1.165) is 41.9 Å². The van der Waals surface area contributed by atoms with Crippen LogP contribution in [-0.4, -0.2) is 51.6 Å². The molecule has 1 aliphatic heterocycles. The molecule has 1 aromatic carbocycles. The van der Waals surface area contributed by atoms with Gasteiger partial charge in [0.25, 0.3) is 0 Å². The van der Waals surface area contributed by atoms with E-state index in [-0.39, 0.29) is 11.9 Å². The molecule has 1 fully saturated rings. The SMILES string of the molecule is Cc1cccc(CC(=O)N2CCCC2c2[nH]ncc2-c2ccnc(N(C)C)n2)c1. The highest BCUT2D eigenvalue weighted by molar-refractivity contribution is 5.80. The third-order valence-corrected chi connectivity index (χ3v) is 5.33. The molecule has 4 rings (SSSR count). The zero-order valence-corrected chi connectivity index (χ0v) is 17.1. The molecule has 1 atom stereocenters. The van der Waals surface area contributed by atoms with Crippen LogP contribution < -0.4 is 4.90 Å². The molecule has 1 N–H and O–H groups in total. The topological polar surface area (TPSA) is 78.0 Å². The summed E-state index contributed by atoms with van der Waals surface area (Å²) >= 11 is 0. The number of aromatic amines is 1. The zero-order valence-electron chi connectivity index (χ0n) is 17.1. The molecule has 3 aromatic rings. The molecule has 1 unspecified atom stereocenters. The molecule has 3 heterocycles. The number of carbonyl (C=O) groups is 1. The molecule has 7 nitrogen and oxygen atoms in total. The van der Waals surface area contributed by atoms with Gasteiger partial charge < -0.3 is 9.80 Å². The van der Waals surface area contributed by atoms with E-state index in [2.05, 4.69) is 26.2 Å². The van der Waals surface area contributed by atoms with E-state index in [4.69, 9.17) is 0 Å². The Balaban J connectivity index is 1.59. The van der Waals surface area contributed by atoms with Crippen LogP contribution in [-0.2, 0) is 11.2 Å². The Labute approximate surface area is 170 Å². The van der Waals surface area contributed by atoms with Gasteiger partial charge >= 0.3 is 0 Å². The van der Waals surface area contributed by atoms with Crippen molar-refractivity contribution >= 4 is 11.9 Å². The maximum absolute atomic E-state index is 13.1. The maximum atomic E-state index is 13.1. The molecule has 0 spiro atoms. The number of amides is 1. The number of benzene rings is 1. The highest BCUT2D eigenvalue weighted by atomic mass is 16.2. The second kappa shape index (κ2) is 8.03. The minimum absolute atomic E-state index is 0.0115. The van der Waals surface area contributed by atoms with Crippen molar-refractivity contribution in [2.24, 2.45) is 0 Å². The van der Waals surface area contributed by atoms with Gasteiger partial charge in [-0.05, 0) is 31.4 Å². The third kappa shape index (κ3) is 3.99. The molecular formula is C22H26N6O. The van der Waals surface area contributed by atoms with Crippen molar-refractivity contribution in [1.29, 1.82) is 0 Å². The zero-order chi connectivity index (χ0) is 20.4. The van der Waals surface area contributed by atoms with Crippen molar-refractivity contribution in [2.75, 3.05) is 25.5 Å². The lowest BCUT2D eigenvalue weighted by molar-refractivity contribution is -0.131. The predicted octanol–water partition coefficient (Wildman–Crippen LogP) is 3.15. The number of hydrogen-bond acceptors (Lipinski definition) is 5. The number of anilines is 1. The average Bonchev–Trinajstić information content (AvgIpc) is 3.37. The van der Waals surface area contributed by atoms with Gasteiger partial charge in [-0.2, -0.15) is 5.10 Å². The lowest BCUT2D eigenvalue weighted by Gasteiger charge is -2.25. The van der Waals surface area contributed by atoms with Crippen LogP contribution >= 0.6 is 0 Å². The maximum Gasteiger partial charge on any atom is 0.227 e. The first-order valence-corrected chi connectivity index (χ1v) is 9.92. The van der Waals surface area contributed by atoms with Crippen molar-refractivity contribution in [3.63, 3.8) is 0 Å². The summed E-state index contributed by atoms with van der Waals surface area (Å²) in [5.74, 6) is 0.795. The molecule has 29 heavy (non-hydrogen) atoms. The van der Waals surface area contributed by atoms with Crippen LogP contribution in [0.25, 0.3) is 11.3 Å². The molecule has 2 aromatic heterocycles. The quantitative estimate of drug-likeness (QED) is 0.724. The number of nitrogens with one attached hydrogen (secondary N) is 1. The summed E-state index contributed by atoms with van der Waals surface area (Å²) in [6, 6.07) is 10.0. The van der Waals surface area contributed by atoms with E-state index in [1.54, 1.807) is 12.4 Å². The molecule has 0 saturated carbocycles. The van der Waals surface area contributed by atoms with Crippen molar-refractivity contribution in [3.05, 3.63) is 59.5 Å². The summed E-state index contributed by atoms with van der Waals surface area (Å²) < 4.78 is 0. The van der Waals surface area contributed by atoms with E-state index in [1.165, 1.54) is 5.56 Å². The van der Waals surface area contributed by atoms with Crippen molar-refractivity contribution in [1.82, 2.24) is 25.1 Å². The van der Waals surface area contributed by atoms with Crippen LogP contribution in [0.1, 0.15) is 35.7 Å². The number of carbonyl (C=O) groups excluding carboxylic acids is 1. The van der Waals surface area contributed by atoms with Crippen LogP contribution in [0.4, 0.5) is 5.95 Å². The fourth-order valence-electron chi connectivity index (χ4n) is 3.93. The highest BCUT2D eigenvalue weighted by Gasteiger charge is 2.33. The van der Waals surface area contributed by atoms with Gasteiger partial charge in [-0.15, -0.1) is 0 Å². The van der Waals surface area contributed by atoms with Gasteiger partial charge in [0, 0.05) is 32.4 Å². The summed E-state index contributed by atoms with van der Waals surface area (Å²) in [5, 5.41) is 7.40. The second-order valence-corrected chi connectivity index (χ2v) is 7.74. The lowest BCUT2D eigenvalue weighted by Crippen LogP contribution is -2.32. The third-order valence-electron chi connectivity index (χ3n) is 5.33. The van der Waals surface area contributed by atoms with Crippen molar-refractivity contribution in [3.8, 4) is 11.3 Å². The van der Waals surface area contributed by atoms with Crippen LogP contribution in [0.5, 0.6) is 0 Å². The van der Waals surface area contributed by atoms with Crippen LogP contribution in [0.15, 0.2) is 42.7 Å². The van der Waals surface area contributed by atoms with Crippen LogP contribution in [0.2, 0.25) is 0 Å². The monoisotopic (exact) mass is 390 g/mol. The standard InChI is InChI=1S/C22H26N6O/c1-15-6-4-7-16(12-15)13-20(29)28-11-5-8-19(28)21-17(14-24-26-21)18-9-10-23-22(25-18)27(2)3/h4,6-7,9-10,12,14,19H,5,8,11,13H2,1-3H3,(H,24,26). The Kier molecular flexibility index (Phi) is 5.29. The normalized spacial score (nSPS) is 16.2. The fraction of sp³-hybridized carbons (Fsp3) is 0.364. The van der Waals surface area contributed by atoms with Gasteiger partial charge in [-0.25, -0.2) is 9.97 Å². The number of likely N-dealkylation sites (tertiary alicyclic amines) is 1. The number of hydrogen-bond donors (Lipinski definition) is 1. The Bertz CT molecular complexity index is 1010. The highest BCUT2D eigenvalue weighted by Crippen LogP contribution is 2.36. The second-order valence-electron chi connectivity index (χ2n) is 7.74. The molecule has 1 aliphatic rings. The fourth-order valence-corrected chi connectivity index (χ4v) is 3.93. The Morgan fingerprint density at radius 3 is 2.97 bits per heavy atom. The number of aromatic nitrogens is 4. The minimum atomic E-state index is -0.0115. The van der Waals surface area contributed by atoms with E-state index in [1.807, 2.05) is 55.1 Å². The smallest absolute Gasteiger partial charge is 0.227 e. The van der Waals surface area contributed by atoms with Gasteiger partial charge in [0.15, 0.2) is 0 Å². The van der Waals surface area contributed by atoms with E-state index < -0.39 is 0 Å². The van der Waals surface area contributed by atoms with Gasteiger partial charge in [0.1, 0.15) is 0 Å². The summed E-state index contributed by atoms with van der Waals surface area (Å²) in [6.07, 6.45) is 5.86. The number of nitrogens with zero attached hydrogens (tertiary/aromatic N) is 5. The molecule has 0 bridgehead atoms. The molecule has 0 radical (unpaired) electrons. The van der Waals surface area contributed by atoms with Gasteiger partial charge in [0.05, 0.1) is 30.0 Å². The molecule has 1 amide bonds. The molecule has 1 saturated heterocycles. The minimum Gasteiger partial charge on any atom is -0.347 e. The van der Waals surface area contributed by atoms with Crippen LogP contribution in [0, 0.1) is 6.92 Å². The Hall–Kier alpha value is -3.22. The number of aryl methyl sites for hydroxylation is 1. The Morgan fingerprint density at radius 2 is 2.17 bits per heavy atom. The van der Waals surface area contributed by atoms with E-state index in [9.17, 15) is 4.79 Å². The summed E-state index contributed by atoms with van der Waals surface area (Å²) in [7, 11) is 3.83. The largest absolute Gasteiger partial charge is 0.347 e. The lowest BCUT2D eigenvalue weighted by atomic mass is 10.0. The molecule has 0 aliphatic carbocycles.